The third-order valence-corrected chi connectivity index (χ3v) is 3.74. The molecular weight excluding hydrogens is 234 g/mol. The topological polar surface area (TPSA) is 29.9 Å². The average Bonchev–Trinajstić information content (AvgIpc) is 2.82. The first kappa shape index (κ1) is 12.3. The summed E-state index contributed by atoms with van der Waals surface area (Å²) in [7, 11) is 0. The molecule has 0 radical (unpaired) electrons. The SMILES string of the molecule is CC(C)(C)c1cn2c(n1)NCC(c1ccccc1)C2. The molecule has 3 nitrogen and oxygen atoms in total. The van der Waals surface area contributed by atoms with Crippen LogP contribution < -0.4 is 5.32 Å². The van der Waals surface area contributed by atoms with Gasteiger partial charge in [0.05, 0.1) is 5.69 Å². The molecule has 1 aliphatic rings. The zero-order valence-corrected chi connectivity index (χ0v) is 11.9. The first-order valence-corrected chi connectivity index (χ1v) is 6.90. The minimum absolute atomic E-state index is 0.105. The zero-order chi connectivity index (χ0) is 13.5. The molecular formula is C16H21N3. The maximum Gasteiger partial charge on any atom is 0.203 e. The van der Waals surface area contributed by atoms with E-state index in [0.717, 1.165) is 24.7 Å². The van der Waals surface area contributed by atoms with E-state index in [1.165, 1.54) is 5.56 Å². The van der Waals surface area contributed by atoms with Gasteiger partial charge in [-0.2, -0.15) is 0 Å². The van der Waals surface area contributed by atoms with Crippen molar-refractivity contribution >= 4 is 5.95 Å². The molecule has 1 unspecified atom stereocenters. The second-order valence-electron chi connectivity index (χ2n) is 6.34. The number of fused-ring (bicyclic) bond motifs is 1. The van der Waals surface area contributed by atoms with E-state index < -0.39 is 0 Å². The summed E-state index contributed by atoms with van der Waals surface area (Å²) in [6.07, 6.45) is 2.19. The van der Waals surface area contributed by atoms with E-state index >= 15 is 0 Å². The van der Waals surface area contributed by atoms with Crippen LogP contribution in [-0.2, 0) is 12.0 Å². The van der Waals surface area contributed by atoms with Gasteiger partial charge in [0, 0.05) is 30.6 Å². The van der Waals surface area contributed by atoms with Crippen molar-refractivity contribution in [3.63, 3.8) is 0 Å². The van der Waals surface area contributed by atoms with E-state index in [1.54, 1.807) is 0 Å². The summed E-state index contributed by atoms with van der Waals surface area (Å²) < 4.78 is 2.25. The molecule has 2 heterocycles. The Morgan fingerprint density at radius 1 is 1.21 bits per heavy atom. The summed E-state index contributed by atoms with van der Waals surface area (Å²) in [5, 5.41) is 3.46. The Balaban J connectivity index is 1.86. The number of nitrogens with one attached hydrogen (secondary N) is 1. The molecule has 100 valence electrons. The number of hydrogen-bond donors (Lipinski definition) is 1. The monoisotopic (exact) mass is 255 g/mol. The molecule has 1 N–H and O–H groups in total. The Labute approximate surface area is 114 Å². The van der Waals surface area contributed by atoms with Crippen LogP contribution in [0.4, 0.5) is 5.95 Å². The van der Waals surface area contributed by atoms with E-state index in [-0.39, 0.29) is 5.41 Å². The van der Waals surface area contributed by atoms with Crippen molar-refractivity contribution in [2.75, 3.05) is 11.9 Å². The fraction of sp³-hybridized carbons (Fsp3) is 0.438. The van der Waals surface area contributed by atoms with Crippen LogP contribution in [0, 0.1) is 0 Å². The number of aromatic nitrogens is 2. The van der Waals surface area contributed by atoms with Crippen molar-refractivity contribution in [2.45, 2.75) is 38.6 Å². The molecule has 3 rings (SSSR count). The van der Waals surface area contributed by atoms with E-state index in [1.807, 2.05) is 0 Å². The van der Waals surface area contributed by atoms with E-state index in [0.29, 0.717) is 5.92 Å². The smallest absolute Gasteiger partial charge is 0.203 e. The van der Waals surface area contributed by atoms with Gasteiger partial charge in [0.25, 0.3) is 0 Å². The molecule has 0 bridgehead atoms. The van der Waals surface area contributed by atoms with Crippen molar-refractivity contribution in [3.8, 4) is 0 Å². The fourth-order valence-corrected chi connectivity index (χ4v) is 2.52. The lowest BCUT2D eigenvalue weighted by atomic mass is 9.93. The molecule has 3 heteroatoms. The third-order valence-electron chi connectivity index (χ3n) is 3.74. The maximum absolute atomic E-state index is 4.70. The predicted molar refractivity (Wildman–Crippen MR) is 78.6 cm³/mol. The second-order valence-corrected chi connectivity index (χ2v) is 6.34. The van der Waals surface area contributed by atoms with Crippen molar-refractivity contribution in [3.05, 3.63) is 47.8 Å². The molecule has 1 aromatic heterocycles. The number of nitrogens with zero attached hydrogens (tertiary/aromatic N) is 2. The van der Waals surface area contributed by atoms with Crippen LogP contribution in [0.15, 0.2) is 36.5 Å². The van der Waals surface area contributed by atoms with Gasteiger partial charge in [-0.1, -0.05) is 51.1 Å². The van der Waals surface area contributed by atoms with Gasteiger partial charge in [-0.15, -0.1) is 0 Å². The standard InChI is InChI=1S/C16H21N3/c1-16(2,3)14-11-19-10-13(9-17-15(19)18-14)12-7-5-4-6-8-12/h4-8,11,13H,9-10H2,1-3H3,(H,17,18). The molecule has 1 atom stereocenters. The molecule has 1 aliphatic heterocycles. The lowest BCUT2D eigenvalue weighted by molar-refractivity contribution is 0.544. The van der Waals surface area contributed by atoms with Gasteiger partial charge in [0.15, 0.2) is 0 Å². The van der Waals surface area contributed by atoms with Crippen molar-refractivity contribution in [1.29, 1.82) is 0 Å². The Hall–Kier alpha value is -1.77. The van der Waals surface area contributed by atoms with Gasteiger partial charge in [-0.25, -0.2) is 4.98 Å². The molecule has 0 saturated carbocycles. The van der Waals surface area contributed by atoms with Crippen molar-refractivity contribution in [2.24, 2.45) is 0 Å². The molecule has 2 aromatic rings. The quantitative estimate of drug-likeness (QED) is 0.846. The highest BCUT2D eigenvalue weighted by atomic mass is 15.2. The Morgan fingerprint density at radius 2 is 1.95 bits per heavy atom. The molecule has 19 heavy (non-hydrogen) atoms. The van der Waals surface area contributed by atoms with Gasteiger partial charge < -0.3 is 9.88 Å². The highest BCUT2D eigenvalue weighted by Crippen LogP contribution is 2.29. The van der Waals surface area contributed by atoms with Gasteiger partial charge >= 0.3 is 0 Å². The third kappa shape index (κ3) is 2.37. The zero-order valence-electron chi connectivity index (χ0n) is 11.9. The lowest BCUT2D eigenvalue weighted by Crippen LogP contribution is -2.25. The van der Waals surface area contributed by atoms with Crippen LogP contribution in [0.2, 0.25) is 0 Å². The summed E-state index contributed by atoms with van der Waals surface area (Å²) >= 11 is 0. The largest absolute Gasteiger partial charge is 0.355 e. The molecule has 0 fully saturated rings. The van der Waals surface area contributed by atoms with Crippen LogP contribution in [0.25, 0.3) is 0 Å². The number of benzene rings is 1. The van der Waals surface area contributed by atoms with Crippen LogP contribution >= 0.6 is 0 Å². The lowest BCUT2D eigenvalue weighted by Gasteiger charge is -2.25. The predicted octanol–water partition coefficient (Wildman–Crippen LogP) is 3.39. The van der Waals surface area contributed by atoms with E-state index in [4.69, 9.17) is 4.98 Å². The Bertz CT molecular complexity index is 563. The first-order chi connectivity index (χ1) is 9.04. The van der Waals surface area contributed by atoms with Gasteiger partial charge in [-0.3, -0.25) is 0 Å². The maximum atomic E-state index is 4.70. The highest BCUT2D eigenvalue weighted by molar-refractivity contribution is 5.36. The van der Waals surface area contributed by atoms with Gasteiger partial charge in [-0.05, 0) is 5.56 Å². The van der Waals surface area contributed by atoms with Crippen LogP contribution in [0.1, 0.15) is 37.9 Å². The number of imidazole rings is 1. The number of anilines is 1. The van der Waals surface area contributed by atoms with Crippen LogP contribution in [0.3, 0.4) is 0 Å². The first-order valence-electron chi connectivity index (χ1n) is 6.90. The summed E-state index contributed by atoms with van der Waals surface area (Å²) in [6.45, 7) is 8.59. The summed E-state index contributed by atoms with van der Waals surface area (Å²) in [5.74, 6) is 1.54. The van der Waals surface area contributed by atoms with Crippen molar-refractivity contribution < 1.29 is 0 Å². The number of rotatable bonds is 1. The molecule has 1 aromatic carbocycles. The Kier molecular flexibility index (Phi) is 2.85. The summed E-state index contributed by atoms with van der Waals surface area (Å²) in [5.41, 5.74) is 2.66. The van der Waals surface area contributed by atoms with Gasteiger partial charge in [0.2, 0.25) is 5.95 Å². The molecule has 0 aliphatic carbocycles. The second kappa shape index (κ2) is 4.41. The normalized spacial score (nSPS) is 18.8. The summed E-state index contributed by atoms with van der Waals surface area (Å²) in [4.78, 5) is 4.70. The molecule has 0 saturated heterocycles. The minimum atomic E-state index is 0.105. The van der Waals surface area contributed by atoms with Crippen LogP contribution in [-0.4, -0.2) is 16.1 Å². The van der Waals surface area contributed by atoms with E-state index in [9.17, 15) is 0 Å². The fourth-order valence-electron chi connectivity index (χ4n) is 2.52. The summed E-state index contributed by atoms with van der Waals surface area (Å²) in [6, 6.07) is 10.7. The van der Waals surface area contributed by atoms with E-state index in [2.05, 4.69) is 67.2 Å². The highest BCUT2D eigenvalue weighted by Gasteiger charge is 2.24. The van der Waals surface area contributed by atoms with Crippen molar-refractivity contribution in [1.82, 2.24) is 9.55 Å². The number of hydrogen-bond acceptors (Lipinski definition) is 2. The molecule has 0 amide bonds. The molecule has 0 spiro atoms. The van der Waals surface area contributed by atoms with Crippen LogP contribution in [0.5, 0.6) is 0 Å². The average molecular weight is 255 g/mol. The Morgan fingerprint density at radius 3 is 2.63 bits per heavy atom. The minimum Gasteiger partial charge on any atom is -0.355 e. The van der Waals surface area contributed by atoms with Gasteiger partial charge in [0.1, 0.15) is 0 Å².